The lowest BCUT2D eigenvalue weighted by Crippen LogP contribution is -2.39. The number of unbranched alkanes of at least 4 members (excludes halogenated alkanes) is 2. The van der Waals surface area contributed by atoms with E-state index in [1.54, 1.807) is 35.6 Å². The minimum absolute atomic E-state index is 0.115. The van der Waals surface area contributed by atoms with Crippen molar-refractivity contribution in [3.8, 4) is 10.8 Å². The van der Waals surface area contributed by atoms with Crippen LogP contribution in [0.5, 0.6) is 5.75 Å². The van der Waals surface area contributed by atoms with E-state index in [-0.39, 0.29) is 24.1 Å². The molecule has 0 bridgehead atoms. The normalized spacial score (nSPS) is 16.8. The minimum atomic E-state index is -0.572. The molecule has 4 heterocycles. The quantitative estimate of drug-likeness (QED) is 0.131. The van der Waals surface area contributed by atoms with Crippen LogP contribution in [0.4, 0.5) is 4.79 Å². The van der Waals surface area contributed by atoms with Gasteiger partial charge >= 0.3 is 6.09 Å². The molecule has 12 nitrogen and oxygen atoms in total. The van der Waals surface area contributed by atoms with Crippen molar-refractivity contribution in [2.45, 2.75) is 71.3 Å². The molecule has 1 saturated heterocycles. The van der Waals surface area contributed by atoms with E-state index in [0.29, 0.717) is 48.9 Å². The third kappa shape index (κ3) is 7.79. The van der Waals surface area contributed by atoms with E-state index in [9.17, 15) is 19.2 Å². The average molecular weight is 716 g/mol. The van der Waals surface area contributed by atoms with Crippen LogP contribution in [0.15, 0.2) is 53.5 Å². The highest BCUT2D eigenvalue weighted by Crippen LogP contribution is 2.39. The van der Waals surface area contributed by atoms with Crippen molar-refractivity contribution in [1.29, 1.82) is 0 Å². The maximum atomic E-state index is 13.2. The Hall–Kier alpha value is -4.88. The molecule has 0 saturated carbocycles. The molecule has 0 spiro atoms. The standard InChI is InChI=1S/C36H38ClN7O5S/c1-20-21(2)50-35-31(20)32(24-7-11-25(37)12-8-24)40-28(33-43-42-22(3)44(33)35)19-30(46)38-17-5-4-6-18-39-36(48)49-26-13-9-23(10-14-26)27-15-16-29(45)41-34(27)47/h7-14,27-28H,4-6,15-19H2,1-3H3,(H,38,46)(H,39,48)(H,41,45,47)/t27?,28-/m0/s1. The van der Waals surface area contributed by atoms with Crippen molar-refractivity contribution in [3.05, 3.63) is 92.3 Å². The molecule has 2 aliphatic heterocycles. The first-order valence-corrected chi connectivity index (χ1v) is 17.8. The van der Waals surface area contributed by atoms with Gasteiger partial charge in [0.15, 0.2) is 5.82 Å². The fourth-order valence-corrected chi connectivity index (χ4v) is 7.49. The number of aliphatic imine (C=N–C) groups is 1. The fourth-order valence-electron chi connectivity index (χ4n) is 6.15. The van der Waals surface area contributed by atoms with Gasteiger partial charge in [0.1, 0.15) is 22.6 Å². The number of aromatic nitrogens is 3. The van der Waals surface area contributed by atoms with E-state index in [4.69, 9.17) is 21.3 Å². The van der Waals surface area contributed by atoms with Gasteiger partial charge in [0.25, 0.3) is 0 Å². The summed E-state index contributed by atoms with van der Waals surface area (Å²) in [6, 6.07) is 13.8. The number of nitrogens with one attached hydrogen (secondary N) is 3. The smallest absolute Gasteiger partial charge is 0.410 e. The zero-order valence-electron chi connectivity index (χ0n) is 28.0. The van der Waals surface area contributed by atoms with E-state index < -0.39 is 18.1 Å². The van der Waals surface area contributed by atoms with E-state index in [2.05, 4.69) is 40.0 Å². The number of hydrogen-bond acceptors (Lipinski definition) is 9. The zero-order valence-corrected chi connectivity index (χ0v) is 29.6. The lowest BCUT2D eigenvalue weighted by molar-refractivity contribution is -0.134. The third-order valence-corrected chi connectivity index (χ3v) is 10.4. The summed E-state index contributed by atoms with van der Waals surface area (Å²) in [7, 11) is 0. The Morgan fingerprint density at radius 1 is 0.980 bits per heavy atom. The number of rotatable bonds is 11. The number of hydrogen-bond donors (Lipinski definition) is 3. The monoisotopic (exact) mass is 715 g/mol. The number of piperidine rings is 1. The van der Waals surface area contributed by atoms with Crippen LogP contribution in [-0.2, 0) is 14.4 Å². The van der Waals surface area contributed by atoms with Crippen molar-refractivity contribution in [3.63, 3.8) is 0 Å². The van der Waals surface area contributed by atoms with Crippen LogP contribution in [0.2, 0.25) is 5.02 Å². The average Bonchev–Trinajstić information content (AvgIpc) is 3.56. The van der Waals surface area contributed by atoms with Gasteiger partial charge in [0, 0.05) is 40.5 Å². The van der Waals surface area contributed by atoms with Crippen molar-refractivity contribution < 1.29 is 23.9 Å². The molecule has 1 unspecified atom stereocenters. The summed E-state index contributed by atoms with van der Waals surface area (Å²) in [6.07, 6.45) is 2.53. The van der Waals surface area contributed by atoms with Gasteiger partial charge in [-0.2, -0.15) is 0 Å². The van der Waals surface area contributed by atoms with Crippen molar-refractivity contribution in [2.24, 2.45) is 4.99 Å². The SMILES string of the molecule is Cc1sc2c(c1C)C(c1ccc(Cl)cc1)=N[C@@H](CC(=O)NCCCCCNC(=O)Oc1ccc(C3CCC(=O)NC3=O)cc1)c1nnc(C)n1-2. The highest BCUT2D eigenvalue weighted by atomic mass is 35.5. The highest BCUT2D eigenvalue weighted by Gasteiger charge is 2.32. The molecule has 4 aromatic rings. The van der Waals surface area contributed by atoms with Gasteiger partial charge in [-0.05, 0) is 81.8 Å². The van der Waals surface area contributed by atoms with E-state index in [1.165, 1.54) is 4.88 Å². The van der Waals surface area contributed by atoms with Crippen LogP contribution in [0, 0.1) is 20.8 Å². The molecule has 2 atom stereocenters. The molecule has 260 valence electrons. The van der Waals surface area contributed by atoms with Crippen molar-refractivity contribution >= 4 is 52.5 Å². The van der Waals surface area contributed by atoms with E-state index >= 15 is 0 Å². The number of benzene rings is 2. The summed E-state index contributed by atoms with van der Waals surface area (Å²) < 4.78 is 7.37. The van der Waals surface area contributed by atoms with Gasteiger partial charge in [0.05, 0.1) is 18.1 Å². The second kappa shape index (κ2) is 15.3. The Bertz CT molecular complexity index is 1950. The fraction of sp³-hybridized carbons (Fsp3) is 0.361. The first kappa shape index (κ1) is 35.0. The molecular weight excluding hydrogens is 678 g/mol. The van der Waals surface area contributed by atoms with Gasteiger partial charge in [-0.1, -0.05) is 35.9 Å². The van der Waals surface area contributed by atoms with Crippen molar-refractivity contribution in [1.82, 2.24) is 30.7 Å². The molecule has 0 radical (unpaired) electrons. The predicted octanol–water partition coefficient (Wildman–Crippen LogP) is 5.78. The molecule has 14 heteroatoms. The highest BCUT2D eigenvalue weighted by molar-refractivity contribution is 7.15. The minimum Gasteiger partial charge on any atom is -0.410 e. The van der Waals surface area contributed by atoms with Crippen LogP contribution in [0.1, 0.15) is 89.3 Å². The number of aryl methyl sites for hydroxylation is 2. The lowest BCUT2D eigenvalue weighted by atomic mass is 9.90. The molecule has 50 heavy (non-hydrogen) atoms. The van der Waals surface area contributed by atoms with E-state index in [0.717, 1.165) is 51.6 Å². The molecule has 4 amide bonds. The molecule has 1 fully saturated rings. The number of ether oxygens (including phenoxy) is 1. The summed E-state index contributed by atoms with van der Waals surface area (Å²) >= 11 is 7.87. The molecule has 0 aliphatic carbocycles. The number of carbonyl (C=O) groups is 4. The molecule has 6 rings (SSSR count). The van der Waals surface area contributed by atoms with E-state index in [1.807, 2.05) is 35.8 Å². The summed E-state index contributed by atoms with van der Waals surface area (Å²) in [5.41, 5.74) is 4.63. The van der Waals surface area contributed by atoms with Crippen molar-refractivity contribution in [2.75, 3.05) is 13.1 Å². The van der Waals surface area contributed by atoms with Gasteiger partial charge in [0.2, 0.25) is 17.7 Å². The maximum absolute atomic E-state index is 13.2. The molecule has 2 aromatic heterocycles. The summed E-state index contributed by atoms with van der Waals surface area (Å²) in [5, 5.41) is 18.6. The number of nitrogens with zero attached hydrogens (tertiary/aromatic N) is 4. The Kier molecular flexibility index (Phi) is 10.7. The Labute approximate surface area is 298 Å². The third-order valence-electron chi connectivity index (χ3n) is 8.91. The Balaban J connectivity index is 0.974. The van der Waals surface area contributed by atoms with Gasteiger partial charge in [-0.3, -0.25) is 29.3 Å². The number of carbonyl (C=O) groups excluding carboxylic acids is 4. The predicted molar refractivity (Wildman–Crippen MR) is 190 cm³/mol. The second-order valence-corrected chi connectivity index (χ2v) is 14.0. The number of halogens is 1. The molecular formula is C36H38ClN7O5S. The molecule has 3 N–H and O–H groups in total. The van der Waals surface area contributed by atoms with Crippen LogP contribution in [0.25, 0.3) is 5.00 Å². The summed E-state index contributed by atoms with van der Waals surface area (Å²) in [6.45, 7) is 7.00. The zero-order chi connectivity index (χ0) is 35.4. The van der Waals surface area contributed by atoms with Gasteiger partial charge in [-0.15, -0.1) is 21.5 Å². The largest absolute Gasteiger partial charge is 0.412 e. The maximum Gasteiger partial charge on any atom is 0.412 e. The van der Waals surface area contributed by atoms with Crippen LogP contribution < -0.4 is 20.7 Å². The Morgan fingerprint density at radius 2 is 1.70 bits per heavy atom. The first-order valence-electron chi connectivity index (χ1n) is 16.6. The lowest BCUT2D eigenvalue weighted by Gasteiger charge is -2.21. The molecule has 2 aromatic carbocycles. The van der Waals surface area contributed by atoms with Gasteiger partial charge in [-0.25, -0.2) is 4.79 Å². The number of amides is 4. The summed E-state index contributed by atoms with van der Waals surface area (Å²) in [5.74, 6) is 0.621. The topological polar surface area (TPSA) is 157 Å². The summed E-state index contributed by atoms with van der Waals surface area (Å²) in [4.78, 5) is 55.3. The first-order chi connectivity index (χ1) is 24.1. The van der Waals surface area contributed by atoms with Crippen LogP contribution in [-0.4, -0.2) is 57.4 Å². The molecule has 2 aliphatic rings. The number of imide groups is 1. The second-order valence-electron chi connectivity index (χ2n) is 12.4. The van der Waals surface area contributed by atoms with Crippen LogP contribution >= 0.6 is 22.9 Å². The van der Waals surface area contributed by atoms with Crippen LogP contribution in [0.3, 0.4) is 0 Å². The number of fused-ring (bicyclic) bond motifs is 3. The Morgan fingerprint density at radius 3 is 2.42 bits per heavy atom. The number of thiophene rings is 1. The van der Waals surface area contributed by atoms with Gasteiger partial charge < -0.3 is 15.4 Å².